The largest absolute Gasteiger partial charge is 0.150 e. The summed E-state index contributed by atoms with van der Waals surface area (Å²) >= 11 is 10.4. The molecule has 1 aromatic rings. The molecule has 0 unspecified atom stereocenters. The van der Waals surface area contributed by atoms with Crippen molar-refractivity contribution >= 4 is 38.9 Å². The average Bonchev–Trinajstić information content (AvgIpc) is 1.91. The second kappa shape index (κ2) is 2.16. The Kier molecular flexibility index (Phi) is 1.73. The second-order valence-electron chi connectivity index (χ2n) is 1.07. The third-order valence-corrected chi connectivity index (χ3v) is 2.94. The van der Waals surface area contributed by atoms with Gasteiger partial charge in [-0.2, -0.15) is 0 Å². The monoisotopic (exact) mass is 196 g/mol. The van der Waals surface area contributed by atoms with Crippen molar-refractivity contribution in [1.29, 1.82) is 0 Å². The van der Waals surface area contributed by atoms with Crippen LogP contribution < -0.4 is 0 Å². The van der Waals surface area contributed by atoms with E-state index in [9.17, 15) is 0 Å². The number of hydrogen-bond donors (Lipinski definition) is 0. The minimum atomic E-state index is 0.796. The molecular weight excluding hydrogens is 195 g/mol. The highest BCUT2D eigenvalue weighted by Crippen LogP contribution is 2.25. The molecule has 0 radical (unpaired) electrons. The Morgan fingerprint density at radius 3 is 2.43 bits per heavy atom. The molecule has 0 fully saturated rings. The first-order valence-electron chi connectivity index (χ1n) is 1.68. The Hall–Kier alpha value is 0.470. The molecular formula is C4H2BrClS. The van der Waals surface area contributed by atoms with E-state index < -0.39 is 0 Å². The Balaban J connectivity index is 3.12. The van der Waals surface area contributed by atoms with Gasteiger partial charge >= 0.3 is 0 Å². The van der Waals surface area contributed by atoms with Gasteiger partial charge in [-0.3, -0.25) is 0 Å². The van der Waals surface area contributed by atoms with Crippen molar-refractivity contribution < 1.29 is 0 Å². The Morgan fingerprint density at radius 2 is 2.29 bits per heavy atom. The van der Waals surface area contributed by atoms with Crippen LogP contribution in [0.3, 0.4) is 0 Å². The fraction of sp³-hybridized carbons (Fsp3) is 0. The molecule has 0 amide bonds. The number of rotatable bonds is 0. The summed E-state index contributed by atoms with van der Waals surface area (Å²) in [6.07, 6.45) is 0. The van der Waals surface area contributed by atoms with Crippen LogP contribution in [0.15, 0.2) is 15.2 Å². The fourth-order valence-electron chi connectivity index (χ4n) is 0.266. The van der Waals surface area contributed by atoms with E-state index in [1.54, 1.807) is 11.3 Å². The number of halogens is 2. The van der Waals surface area contributed by atoms with Gasteiger partial charge in [0, 0.05) is 15.2 Å². The van der Waals surface area contributed by atoms with E-state index in [2.05, 4.69) is 15.9 Å². The molecule has 1 rings (SSSR count). The lowest BCUT2D eigenvalue weighted by Crippen LogP contribution is -1.46. The molecule has 0 spiro atoms. The van der Waals surface area contributed by atoms with Crippen molar-refractivity contribution in [2.75, 3.05) is 0 Å². The van der Waals surface area contributed by atoms with Crippen LogP contribution in [0.1, 0.15) is 0 Å². The van der Waals surface area contributed by atoms with Crippen molar-refractivity contribution in [3.63, 3.8) is 0 Å². The lowest BCUT2D eigenvalue weighted by atomic mass is 10.7. The maximum atomic E-state index is 5.59. The van der Waals surface area contributed by atoms with Crippen molar-refractivity contribution in [1.82, 2.24) is 0 Å². The smallest absolute Gasteiger partial charge is 0.0655 e. The average molecular weight is 197 g/mol. The molecule has 7 heavy (non-hydrogen) atoms. The van der Waals surface area contributed by atoms with Gasteiger partial charge in [-0.15, -0.1) is 11.3 Å². The SMILES string of the molecule is Clc1cscc1Br. The predicted molar refractivity (Wildman–Crippen MR) is 37.0 cm³/mol. The normalized spacial score (nSPS) is 9.43. The minimum absolute atomic E-state index is 0.796. The Bertz CT molecular complexity index is 144. The first kappa shape index (κ1) is 5.60. The maximum Gasteiger partial charge on any atom is 0.0655 e. The first-order chi connectivity index (χ1) is 3.30. The molecule has 0 aliphatic heterocycles. The summed E-state index contributed by atoms with van der Waals surface area (Å²) in [6.45, 7) is 0. The van der Waals surface area contributed by atoms with E-state index in [0.29, 0.717) is 0 Å². The predicted octanol–water partition coefficient (Wildman–Crippen LogP) is 3.16. The third kappa shape index (κ3) is 1.18. The summed E-state index contributed by atoms with van der Waals surface area (Å²) in [6, 6.07) is 0. The van der Waals surface area contributed by atoms with Crippen LogP contribution in [0.25, 0.3) is 0 Å². The van der Waals surface area contributed by atoms with Gasteiger partial charge < -0.3 is 0 Å². The molecule has 0 nitrogen and oxygen atoms in total. The summed E-state index contributed by atoms with van der Waals surface area (Å²) in [5, 5.41) is 4.62. The molecule has 0 saturated carbocycles. The van der Waals surface area contributed by atoms with E-state index in [-0.39, 0.29) is 0 Å². The molecule has 1 heterocycles. The Morgan fingerprint density at radius 1 is 1.57 bits per heavy atom. The van der Waals surface area contributed by atoms with E-state index in [0.717, 1.165) is 9.50 Å². The topological polar surface area (TPSA) is 0 Å². The molecule has 0 bridgehead atoms. The third-order valence-electron chi connectivity index (χ3n) is 0.571. The lowest BCUT2D eigenvalue weighted by molar-refractivity contribution is 1.89. The van der Waals surface area contributed by atoms with Gasteiger partial charge in [-0.05, 0) is 15.9 Å². The van der Waals surface area contributed by atoms with Crippen LogP contribution in [-0.4, -0.2) is 0 Å². The van der Waals surface area contributed by atoms with E-state index in [1.165, 1.54) is 0 Å². The van der Waals surface area contributed by atoms with E-state index in [4.69, 9.17) is 11.6 Å². The summed E-state index contributed by atoms with van der Waals surface area (Å²) < 4.78 is 0.985. The van der Waals surface area contributed by atoms with Gasteiger partial charge in [0.2, 0.25) is 0 Å². The maximum absolute atomic E-state index is 5.59. The Labute approximate surface area is 59.2 Å². The zero-order chi connectivity index (χ0) is 5.28. The van der Waals surface area contributed by atoms with Gasteiger partial charge in [0.05, 0.1) is 5.02 Å². The molecule has 0 aromatic carbocycles. The molecule has 0 aliphatic rings. The van der Waals surface area contributed by atoms with Crippen molar-refractivity contribution in [2.45, 2.75) is 0 Å². The summed E-state index contributed by atoms with van der Waals surface area (Å²) in [7, 11) is 0. The van der Waals surface area contributed by atoms with Gasteiger partial charge in [-0.1, -0.05) is 11.6 Å². The summed E-state index contributed by atoms with van der Waals surface area (Å²) in [4.78, 5) is 0. The molecule has 3 heteroatoms. The number of hydrogen-bond acceptors (Lipinski definition) is 1. The highest BCUT2D eigenvalue weighted by molar-refractivity contribution is 9.10. The number of thiophene rings is 1. The van der Waals surface area contributed by atoms with Crippen LogP contribution >= 0.6 is 38.9 Å². The highest BCUT2D eigenvalue weighted by atomic mass is 79.9. The molecule has 1 aromatic heterocycles. The fourth-order valence-corrected chi connectivity index (χ4v) is 1.69. The molecule has 38 valence electrons. The van der Waals surface area contributed by atoms with Gasteiger partial charge in [0.25, 0.3) is 0 Å². The zero-order valence-corrected chi connectivity index (χ0v) is 6.48. The van der Waals surface area contributed by atoms with Crippen LogP contribution in [-0.2, 0) is 0 Å². The molecule has 0 N–H and O–H groups in total. The highest BCUT2D eigenvalue weighted by Gasteiger charge is 1.91. The molecule has 0 saturated heterocycles. The van der Waals surface area contributed by atoms with Gasteiger partial charge in [0.1, 0.15) is 0 Å². The summed E-state index contributed by atoms with van der Waals surface area (Å²) in [5.74, 6) is 0. The van der Waals surface area contributed by atoms with E-state index in [1.807, 2.05) is 10.8 Å². The van der Waals surface area contributed by atoms with Crippen LogP contribution in [0.4, 0.5) is 0 Å². The first-order valence-corrected chi connectivity index (χ1v) is 3.79. The molecule has 0 atom stereocenters. The quantitative estimate of drug-likeness (QED) is 0.599. The van der Waals surface area contributed by atoms with Gasteiger partial charge in [0.15, 0.2) is 0 Å². The van der Waals surface area contributed by atoms with Crippen molar-refractivity contribution in [3.05, 3.63) is 20.3 Å². The minimum Gasteiger partial charge on any atom is -0.150 e. The standard InChI is InChI=1S/C4H2BrClS/c5-3-1-7-2-4(3)6/h1-2H. The molecule has 0 aliphatic carbocycles. The second-order valence-corrected chi connectivity index (χ2v) is 3.07. The van der Waals surface area contributed by atoms with Crippen molar-refractivity contribution in [2.24, 2.45) is 0 Å². The van der Waals surface area contributed by atoms with Crippen LogP contribution in [0.5, 0.6) is 0 Å². The van der Waals surface area contributed by atoms with Gasteiger partial charge in [-0.25, -0.2) is 0 Å². The van der Waals surface area contributed by atoms with Crippen molar-refractivity contribution in [3.8, 4) is 0 Å². The zero-order valence-electron chi connectivity index (χ0n) is 3.32. The van der Waals surface area contributed by atoms with E-state index >= 15 is 0 Å². The summed E-state index contributed by atoms with van der Waals surface area (Å²) in [5.41, 5.74) is 0. The van der Waals surface area contributed by atoms with Crippen LogP contribution in [0, 0.1) is 0 Å². The lowest BCUT2D eigenvalue weighted by Gasteiger charge is -1.74. The van der Waals surface area contributed by atoms with Crippen LogP contribution in [0.2, 0.25) is 5.02 Å².